The fourth-order valence-electron chi connectivity index (χ4n) is 1.14. The summed E-state index contributed by atoms with van der Waals surface area (Å²) < 4.78 is 0.769. The number of anilines is 1. The van der Waals surface area contributed by atoms with Crippen LogP contribution >= 0.6 is 27.5 Å². The van der Waals surface area contributed by atoms with E-state index in [1.54, 1.807) is 18.2 Å². The van der Waals surface area contributed by atoms with Crippen molar-refractivity contribution >= 4 is 39.2 Å². The largest absolute Gasteiger partial charge is 0.338 e. The van der Waals surface area contributed by atoms with Gasteiger partial charge in [-0.15, -0.1) is 0 Å². The van der Waals surface area contributed by atoms with Gasteiger partial charge in [0.25, 0.3) is 0 Å². The number of halogens is 2. The lowest BCUT2D eigenvalue weighted by atomic mass is 10.3. The first-order chi connectivity index (χ1) is 7.63. The summed E-state index contributed by atoms with van der Waals surface area (Å²) in [5, 5.41) is 6.14. The molecule has 0 aliphatic carbocycles. The molecule has 88 valence electrons. The minimum absolute atomic E-state index is 0.198. The van der Waals surface area contributed by atoms with Gasteiger partial charge in [-0.3, -0.25) is 0 Å². The second kappa shape index (κ2) is 6.76. The smallest absolute Gasteiger partial charge is 0.319 e. The molecule has 16 heavy (non-hydrogen) atoms. The number of hydrogen-bond donors (Lipinski definition) is 2. The second-order valence-electron chi connectivity index (χ2n) is 3.36. The Balaban J connectivity index is 2.49. The van der Waals surface area contributed by atoms with Gasteiger partial charge in [-0.2, -0.15) is 0 Å². The standard InChI is InChI=1S/C11H14BrClN2O/c1-2-3-6-14-11(16)15-10-5-4-8(13)7-9(10)12/h4-5,7H,2-3,6H2,1H3,(H2,14,15,16). The van der Waals surface area contributed by atoms with Crippen molar-refractivity contribution in [1.82, 2.24) is 5.32 Å². The second-order valence-corrected chi connectivity index (χ2v) is 4.65. The van der Waals surface area contributed by atoms with Gasteiger partial charge in [0, 0.05) is 16.0 Å². The number of carbonyl (C=O) groups is 1. The van der Waals surface area contributed by atoms with Crippen LogP contribution in [0.15, 0.2) is 22.7 Å². The van der Waals surface area contributed by atoms with E-state index in [9.17, 15) is 4.79 Å². The van der Waals surface area contributed by atoms with Gasteiger partial charge in [-0.05, 0) is 40.5 Å². The first-order valence-corrected chi connectivity index (χ1v) is 6.30. The normalized spacial score (nSPS) is 9.94. The van der Waals surface area contributed by atoms with Gasteiger partial charge in [0.05, 0.1) is 5.69 Å². The molecule has 0 saturated carbocycles. The summed E-state index contributed by atoms with van der Waals surface area (Å²) in [4.78, 5) is 11.4. The van der Waals surface area contributed by atoms with Gasteiger partial charge in [-0.1, -0.05) is 24.9 Å². The molecule has 1 aromatic rings. The van der Waals surface area contributed by atoms with Crippen molar-refractivity contribution in [1.29, 1.82) is 0 Å². The van der Waals surface area contributed by atoms with Crippen molar-refractivity contribution in [3.8, 4) is 0 Å². The minimum atomic E-state index is -0.198. The lowest BCUT2D eigenvalue weighted by Gasteiger charge is -2.08. The van der Waals surface area contributed by atoms with Crippen molar-refractivity contribution in [2.24, 2.45) is 0 Å². The molecule has 0 aromatic heterocycles. The van der Waals surface area contributed by atoms with Crippen LogP contribution in [0, 0.1) is 0 Å². The summed E-state index contributed by atoms with van der Waals surface area (Å²) in [5.41, 5.74) is 0.707. The van der Waals surface area contributed by atoms with Crippen molar-refractivity contribution in [2.45, 2.75) is 19.8 Å². The third kappa shape index (κ3) is 4.41. The predicted octanol–water partition coefficient (Wildman–Crippen LogP) is 4.02. The molecule has 0 saturated heterocycles. The quantitative estimate of drug-likeness (QED) is 0.810. The van der Waals surface area contributed by atoms with E-state index in [-0.39, 0.29) is 6.03 Å². The zero-order chi connectivity index (χ0) is 12.0. The fourth-order valence-corrected chi connectivity index (χ4v) is 1.92. The van der Waals surface area contributed by atoms with Gasteiger partial charge < -0.3 is 10.6 Å². The summed E-state index contributed by atoms with van der Waals surface area (Å²) in [6.45, 7) is 2.77. The van der Waals surface area contributed by atoms with Crippen LogP contribution in [0.1, 0.15) is 19.8 Å². The molecule has 0 radical (unpaired) electrons. The molecular formula is C11H14BrClN2O. The molecule has 0 unspecified atom stereocenters. The Labute approximate surface area is 109 Å². The molecule has 0 aliphatic rings. The van der Waals surface area contributed by atoms with Crippen LogP contribution in [-0.2, 0) is 0 Å². The van der Waals surface area contributed by atoms with E-state index in [1.165, 1.54) is 0 Å². The number of nitrogens with one attached hydrogen (secondary N) is 2. The zero-order valence-corrected chi connectivity index (χ0v) is 11.4. The topological polar surface area (TPSA) is 41.1 Å². The third-order valence-corrected chi connectivity index (χ3v) is 2.89. The summed E-state index contributed by atoms with van der Waals surface area (Å²) in [6, 6.07) is 5.03. The lowest BCUT2D eigenvalue weighted by Crippen LogP contribution is -2.29. The summed E-state index contributed by atoms with van der Waals surface area (Å²) >= 11 is 9.13. The van der Waals surface area contributed by atoms with E-state index in [0.29, 0.717) is 17.3 Å². The Bertz CT molecular complexity index is 371. The Morgan fingerprint density at radius 1 is 1.50 bits per heavy atom. The number of hydrogen-bond acceptors (Lipinski definition) is 1. The van der Waals surface area contributed by atoms with Crippen molar-refractivity contribution in [3.63, 3.8) is 0 Å². The SMILES string of the molecule is CCCCNC(=O)Nc1ccc(Cl)cc1Br. The predicted molar refractivity (Wildman–Crippen MR) is 71.1 cm³/mol. The summed E-state index contributed by atoms with van der Waals surface area (Å²) in [5.74, 6) is 0. The van der Waals surface area contributed by atoms with Crippen molar-refractivity contribution < 1.29 is 4.79 Å². The van der Waals surface area contributed by atoms with Crippen LogP contribution in [0.2, 0.25) is 5.02 Å². The zero-order valence-electron chi connectivity index (χ0n) is 9.02. The minimum Gasteiger partial charge on any atom is -0.338 e. The number of unbranched alkanes of at least 4 members (excludes halogenated alkanes) is 1. The van der Waals surface area contributed by atoms with Gasteiger partial charge in [0.15, 0.2) is 0 Å². The van der Waals surface area contributed by atoms with E-state index in [1.807, 2.05) is 0 Å². The van der Waals surface area contributed by atoms with E-state index in [0.717, 1.165) is 17.3 Å². The molecule has 0 bridgehead atoms. The molecule has 1 aromatic carbocycles. The highest BCUT2D eigenvalue weighted by Gasteiger charge is 2.04. The first-order valence-electron chi connectivity index (χ1n) is 5.13. The third-order valence-electron chi connectivity index (χ3n) is 2.00. The highest BCUT2D eigenvalue weighted by Crippen LogP contribution is 2.25. The van der Waals surface area contributed by atoms with E-state index < -0.39 is 0 Å². The average Bonchev–Trinajstić information content (AvgIpc) is 2.23. The average molecular weight is 306 g/mol. The van der Waals surface area contributed by atoms with Crippen LogP contribution in [0.25, 0.3) is 0 Å². The Morgan fingerprint density at radius 3 is 2.88 bits per heavy atom. The van der Waals surface area contributed by atoms with Gasteiger partial charge >= 0.3 is 6.03 Å². The highest BCUT2D eigenvalue weighted by atomic mass is 79.9. The Kier molecular flexibility index (Phi) is 5.63. The maximum absolute atomic E-state index is 11.4. The monoisotopic (exact) mass is 304 g/mol. The van der Waals surface area contributed by atoms with E-state index in [2.05, 4.69) is 33.5 Å². The Hall–Kier alpha value is -0.740. The molecule has 0 heterocycles. The Morgan fingerprint density at radius 2 is 2.25 bits per heavy atom. The molecule has 0 atom stereocenters. The van der Waals surface area contributed by atoms with E-state index in [4.69, 9.17) is 11.6 Å². The fraction of sp³-hybridized carbons (Fsp3) is 0.364. The molecule has 5 heteroatoms. The molecule has 3 nitrogen and oxygen atoms in total. The van der Waals surface area contributed by atoms with Crippen LogP contribution in [0.3, 0.4) is 0 Å². The highest BCUT2D eigenvalue weighted by molar-refractivity contribution is 9.10. The van der Waals surface area contributed by atoms with Crippen molar-refractivity contribution in [2.75, 3.05) is 11.9 Å². The molecule has 0 spiro atoms. The number of urea groups is 1. The molecule has 2 N–H and O–H groups in total. The van der Waals surface area contributed by atoms with Crippen LogP contribution in [0.5, 0.6) is 0 Å². The van der Waals surface area contributed by atoms with Crippen LogP contribution in [0.4, 0.5) is 10.5 Å². The molecule has 2 amide bonds. The number of amides is 2. The number of carbonyl (C=O) groups excluding carboxylic acids is 1. The van der Waals surface area contributed by atoms with Gasteiger partial charge in [0.2, 0.25) is 0 Å². The van der Waals surface area contributed by atoms with Gasteiger partial charge in [0.1, 0.15) is 0 Å². The number of rotatable bonds is 4. The van der Waals surface area contributed by atoms with Crippen LogP contribution < -0.4 is 10.6 Å². The first kappa shape index (κ1) is 13.3. The molecular weight excluding hydrogens is 291 g/mol. The summed E-state index contributed by atoms with van der Waals surface area (Å²) in [6.07, 6.45) is 2.04. The summed E-state index contributed by atoms with van der Waals surface area (Å²) in [7, 11) is 0. The van der Waals surface area contributed by atoms with E-state index >= 15 is 0 Å². The number of benzene rings is 1. The van der Waals surface area contributed by atoms with Crippen LogP contribution in [-0.4, -0.2) is 12.6 Å². The molecule has 1 rings (SSSR count). The molecule has 0 fully saturated rings. The van der Waals surface area contributed by atoms with Crippen molar-refractivity contribution in [3.05, 3.63) is 27.7 Å². The molecule has 0 aliphatic heterocycles. The maximum Gasteiger partial charge on any atom is 0.319 e. The lowest BCUT2D eigenvalue weighted by molar-refractivity contribution is 0.252. The van der Waals surface area contributed by atoms with Gasteiger partial charge in [-0.25, -0.2) is 4.79 Å². The maximum atomic E-state index is 11.4.